The standard InChI is InChI=1S/C9H21P/c1-6-8(2)9(3)7-10(4)5/h8-9H,6-7H2,1-5H3. The largest absolute Gasteiger partial charge is 0.113 e. The molecule has 0 rings (SSSR count). The van der Waals surface area contributed by atoms with Crippen molar-refractivity contribution in [1.82, 2.24) is 0 Å². The molecule has 1 heteroatoms. The highest BCUT2D eigenvalue weighted by Gasteiger charge is 2.10. The van der Waals surface area contributed by atoms with Crippen LogP contribution in [0.25, 0.3) is 0 Å². The molecule has 0 bridgehead atoms. The SMILES string of the molecule is CCC(C)C(C)CP(C)C. The lowest BCUT2D eigenvalue weighted by Gasteiger charge is -2.19. The fourth-order valence-electron chi connectivity index (χ4n) is 1.16. The molecular formula is C9H21P. The van der Waals surface area contributed by atoms with Gasteiger partial charge in [-0.05, 0) is 31.3 Å². The monoisotopic (exact) mass is 160 g/mol. The van der Waals surface area contributed by atoms with Crippen LogP contribution in [0.4, 0.5) is 0 Å². The molecule has 0 aliphatic rings. The summed E-state index contributed by atoms with van der Waals surface area (Å²) in [4.78, 5) is 0. The van der Waals surface area contributed by atoms with Crippen molar-refractivity contribution in [3.63, 3.8) is 0 Å². The van der Waals surface area contributed by atoms with Crippen LogP contribution < -0.4 is 0 Å². The molecule has 10 heavy (non-hydrogen) atoms. The topological polar surface area (TPSA) is 0 Å². The van der Waals surface area contributed by atoms with Crippen LogP contribution in [-0.4, -0.2) is 19.5 Å². The van der Waals surface area contributed by atoms with E-state index in [1.54, 1.807) is 0 Å². The Hall–Kier alpha value is 0.430. The molecule has 0 aromatic rings. The van der Waals surface area contributed by atoms with Crippen molar-refractivity contribution in [3.05, 3.63) is 0 Å². The molecular weight excluding hydrogens is 139 g/mol. The predicted molar refractivity (Wildman–Crippen MR) is 52.3 cm³/mol. The van der Waals surface area contributed by atoms with Crippen molar-refractivity contribution in [2.24, 2.45) is 11.8 Å². The van der Waals surface area contributed by atoms with Crippen LogP contribution in [0.15, 0.2) is 0 Å². The van der Waals surface area contributed by atoms with Gasteiger partial charge in [-0.1, -0.05) is 27.2 Å². The zero-order valence-corrected chi connectivity index (χ0v) is 8.91. The van der Waals surface area contributed by atoms with Gasteiger partial charge in [0.2, 0.25) is 0 Å². The van der Waals surface area contributed by atoms with Crippen LogP contribution >= 0.6 is 7.92 Å². The zero-order chi connectivity index (χ0) is 8.15. The maximum absolute atomic E-state index is 2.39. The average Bonchev–Trinajstić information content (AvgIpc) is 1.85. The van der Waals surface area contributed by atoms with Crippen LogP contribution in [0, 0.1) is 11.8 Å². The summed E-state index contributed by atoms with van der Waals surface area (Å²) < 4.78 is 0. The van der Waals surface area contributed by atoms with Crippen molar-refractivity contribution in [3.8, 4) is 0 Å². The third-order valence-corrected chi connectivity index (χ3v) is 3.57. The van der Waals surface area contributed by atoms with E-state index in [1.807, 2.05) is 0 Å². The molecule has 0 aliphatic heterocycles. The van der Waals surface area contributed by atoms with Crippen LogP contribution in [0.5, 0.6) is 0 Å². The molecule has 0 aliphatic carbocycles. The molecule has 0 N–H and O–H groups in total. The van der Waals surface area contributed by atoms with Gasteiger partial charge in [-0.3, -0.25) is 0 Å². The Balaban J connectivity index is 3.50. The number of hydrogen-bond acceptors (Lipinski definition) is 0. The van der Waals surface area contributed by atoms with Gasteiger partial charge in [0, 0.05) is 0 Å². The van der Waals surface area contributed by atoms with Gasteiger partial charge in [0.1, 0.15) is 0 Å². The molecule has 0 amide bonds. The van der Waals surface area contributed by atoms with E-state index in [4.69, 9.17) is 0 Å². The van der Waals surface area contributed by atoms with Crippen molar-refractivity contribution < 1.29 is 0 Å². The third kappa shape index (κ3) is 4.28. The van der Waals surface area contributed by atoms with Gasteiger partial charge in [0.15, 0.2) is 0 Å². The molecule has 0 fully saturated rings. The Morgan fingerprint density at radius 2 is 1.60 bits per heavy atom. The Labute approximate surface area is 67.2 Å². The molecule has 0 radical (unpaired) electrons. The molecule has 2 unspecified atom stereocenters. The van der Waals surface area contributed by atoms with Crippen molar-refractivity contribution in [2.75, 3.05) is 19.5 Å². The first-order valence-corrected chi connectivity index (χ1v) is 6.64. The maximum Gasteiger partial charge on any atom is -0.0302 e. The summed E-state index contributed by atoms with van der Waals surface area (Å²) >= 11 is 0. The molecule has 0 aromatic heterocycles. The summed E-state index contributed by atoms with van der Waals surface area (Å²) in [5, 5.41) is 0. The van der Waals surface area contributed by atoms with E-state index in [1.165, 1.54) is 12.6 Å². The first-order chi connectivity index (χ1) is 4.57. The molecule has 0 spiro atoms. The third-order valence-electron chi connectivity index (χ3n) is 2.27. The normalized spacial score (nSPS) is 17.4. The Morgan fingerprint density at radius 3 is 1.90 bits per heavy atom. The van der Waals surface area contributed by atoms with Gasteiger partial charge in [-0.15, -0.1) is 7.92 Å². The molecule has 62 valence electrons. The quantitative estimate of drug-likeness (QED) is 0.553. The summed E-state index contributed by atoms with van der Waals surface area (Å²) in [6.45, 7) is 11.8. The molecule has 0 saturated heterocycles. The first kappa shape index (κ1) is 10.4. The minimum atomic E-state index is 0.322. The fraction of sp³-hybridized carbons (Fsp3) is 1.00. The lowest BCUT2D eigenvalue weighted by molar-refractivity contribution is 0.412. The van der Waals surface area contributed by atoms with E-state index in [9.17, 15) is 0 Å². The summed E-state index contributed by atoms with van der Waals surface area (Å²) in [6, 6.07) is 0. The Kier molecular flexibility index (Phi) is 5.35. The molecule has 0 nitrogen and oxygen atoms in total. The second-order valence-electron chi connectivity index (χ2n) is 3.63. The van der Waals surface area contributed by atoms with Crippen LogP contribution in [0.2, 0.25) is 0 Å². The fourth-order valence-corrected chi connectivity index (χ4v) is 2.67. The molecule has 0 aromatic carbocycles. The maximum atomic E-state index is 2.39. The molecule has 0 saturated carbocycles. The highest BCUT2D eigenvalue weighted by molar-refractivity contribution is 7.55. The second-order valence-corrected chi connectivity index (χ2v) is 6.15. The highest BCUT2D eigenvalue weighted by Crippen LogP contribution is 2.31. The minimum absolute atomic E-state index is 0.322. The summed E-state index contributed by atoms with van der Waals surface area (Å²) in [5.41, 5.74) is 0. The summed E-state index contributed by atoms with van der Waals surface area (Å²) in [6.07, 6.45) is 2.79. The smallest absolute Gasteiger partial charge is 0.0302 e. The first-order valence-electron chi connectivity index (χ1n) is 4.22. The van der Waals surface area contributed by atoms with Crippen molar-refractivity contribution in [2.45, 2.75) is 27.2 Å². The van der Waals surface area contributed by atoms with Gasteiger partial charge in [0.05, 0.1) is 0 Å². The molecule has 2 atom stereocenters. The van der Waals surface area contributed by atoms with Gasteiger partial charge < -0.3 is 0 Å². The van der Waals surface area contributed by atoms with Crippen molar-refractivity contribution in [1.29, 1.82) is 0 Å². The van der Waals surface area contributed by atoms with Crippen LogP contribution in [-0.2, 0) is 0 Å². The van der Waals surface area contributed by atoms with Gasteiger partial charge in [-0.2, -0.15) is 0 Å². The lowest BCUT2D eigenvalue weighted by atomic mass is 9.96. The Morgan fingerprint density at radius 1 is 1.10 bits per heavy atom. The molecule has 0 heterocycles. The van der Waals surface area contributed by atoms with Crippen molar-refractivity contribution >= 4 is 7.92 Å². The van der Waals surface area contributed by atoms with E-state index in [2.05, 4.69) is 34.1 Å². The highest BCUT2D eigenvalue weighted by atomic mass is 31.1. The Bertz CT molecular complexity index is 78.8. The summed E-state index contributed by atoms with van der Waals surface area (Å²) in [7, 11) is 0.322. The minimum Gasteiger partial charge on any atom is -0.113 e. The van der Waals surface area contributed by atoms with E-state index in [0.29, 0.717) is 7.92 Å². The average molecular weight is 160 g/mol. The predicted octanol–water partition coefficient (Wildman–Crippen LogP) is 3.41. The lowest BCUT2D eigenvalue weighted by Crippen LogP contribution is -2.09. The zero-order valence-electron chi connectivity index (χ0n) is 8.02. The van der Waals surface area contributed by atoms with E-state index in [-0.39, 0.29) is 0 Å². The number of hydrogen-bond donors (Lipinski definition) is 0. The van der Waals surface area contributed by atoms with E-state index in [0.717, 1.165) is 11.8 Å². The van der Waals surface area contributed by atoms with Crippen LogP contribution in [0.1, 0.15) is 27.2 Å². The van der Waals surface area contributed by atoms with E-state index < -0.39 is 0 Å². The van der Waals surface area contributed by atoms with Gasteiger partial charge >= 0.3 is 0 Å². The van der Waals surface area contributed by atoms with Gasteiger partial charge in [-0.25, -0.2) is 0 Å². The van der Waals surface area contributed by atoms with Crippen LogP contribution in [0.3, 0.4) is 0 Å². The second kappa shape index (κ2) is 5.13. The van der Waals surface area contributed by atoms with Gasteiger partial charge in [0.25, 0.3) is 0 Å². The van der Waals surface area contributed by atoms with E-state index >= 15 is 0 Å². The number of rotatable bonds is 4. The summed E-state index contributed by atoms with van der Waals surface area (Å²) in [5.74, 6) is 1.86.